The first-order chi connectivity index (χ1) is 19.3. The largest absolute Gasteiger partial charge is 0.444 e. The Morgan fingerprint density at radius 3 is 2.56 bits per heavy atom. The third-order valence-electron chi connectivity index (χ3n) is 7.84. The van der Waals surface area contributed by atoms with Gasteiger partial charge in [-0.25, -0.2) is 28.5 Å². The molecule has 1 aliphatic carbocycles. The number of nitrogens with one attached hydrogen (secondary N) is 1. The predicted octanol–water partition coefficient (Wildman–Crippen LogP) is 7.15. The topological polar surface area (TPSA) is 104 Å². The van der Waals surface area contributed by atoms with Crippen LogP contribution in [0.15, 0.2) is 36.7 Å². The van der Waals surface area contributed by atoms with E-state index in [0.717, 1.165) is 0 Å². The van der Waals surface area contributed by atoms with Crippen LogP contribution in [0.25, 0.3) is 11.0 Å². The fourth-order valence-corrected chi connectivity index (χ4v) is 5.59. The number of fused-ring (bicyclic) bond motifs is 1. The van der Waals surface area contributed by atoms with Gasteiger partial charge in [0.15, 0.2) is 5.65 Å². The summed E-state index contributed by atoms with van der Waals surface area (Å²) in [5, 5.41) is 13.8. The van der Waals surface area contributed by atoms with E-state index in [0.29, 0.717) is 40.8 Å². The molecular weight excluding hydrogens is 550 g/mol. The fraction of sp³-hybridized carbons (Fsp3) is 0.500. The van der Waals surface area contributed by atoms with E-state index >= 15 is 8.78 Å². The van der Waals surface area contributed by atoms with E-state index in [1.165, 1.54) is 23.4 Å². The minimum Gasteiger partial charge on any atom is -0.444 e. The number of rotatable bonds is 6. The van der Waals surface area contributed by atoms with Gasteiger partial charge in [-0.1, -0.05) is 29.8 Å². The number of piperidine rings is 1. The summed E-state index contributed by atoms with van der Waals surface area (Å²) < 4.78 is 36.9. The Morgan fingerprint density at radius 2 is 1.93 bits per heavy atom. The van der Waals surface area contributed by atoms with Gasteiger partial charge in [0.1, 0.15) is 22.9 Å². The molecule has 1 N–H and O–H groups in total. The molecule has 41 heavy (non-hydrogen) atoms. The molecule has 1 aliphatic heterocycles. The molecule has 1 amide bonds. The van der Waals surface area contributed by atoms with Crippen LogP contribution in [0, 0.1) is 17.2 Å². The van der Waals surface area contributed by atoms with Gasteiger partial charge < -0.3 is 15.0 Å². The van der Waals surface area contributed by atoms with Gasteiger partial charge in [0.2, 0.25) is 0 Å². The summed E-state index contributed by atoms with van der Waals surface area (Å²) in [6.07, 6.45) is 2.68. The number of carbonyl (C=O) groups excluding carboxylic acids is 1. The van der Waals surface area contributed by atoms with Gasteiger partial charge in [0.25, 0.3) is 5.92 Å². The van der Waals surface area contributed by atoms with Crippen molar-refractivity contribution in [3.05, 3.63) is 58.5 Å². The number of nitrogens with zero attached hydrogens (tertiary/aromatic N) is 5. The number of amides is 1. The fourth-order valence-electron chi connectivity index (χ4n) is 5.27. The first kappa shape index (κ1) is 28.9. The molecule has 11 heteroatoms. The number of hydrogen-bond donors (Lipinski definition) is 1. The third kappa shape index (κ3) is 5.91. The van der Waals surface area contributed by atoms with Crippen molar-refractivity contribution in [1.29, 1.82) is 5.26 Å². The first-order valence-electron chi connectivity index (χ1n) is 13.8. The maximum absolute atomic E-state index is 15.7. The van der Waals surface area contributed by atoms with Crippen molar-refractivity contribution in [2.45, 2.75) is 76.4 Å². The number of aromatic nitrogens is 3. The van der Waals surface area contributed by atoms with Gasteiger partial charge in [-0.05, 0) is 71.1 Å². The molecule has 216 valence electrons. The number of benzene rings is 1. The van der Waals surface area contributed by atoms with Gasteiger partial charge in [-0.2, -0.15) is 5.26 Å². The van der Waals surface area contributed by atoms with Crippen LogP contribution in [0.4, 0.5) is 19.4 Å². The Hall–Kier alpha value is -3.58. The molecule has 0 unspecified atom stereocenters. The van der Waals surface area contributed by atoms with Gasteiger partial charge >= 0.3 is 6.09 Å². The Balaban J connectivity index is 1.32. The van der Waals surface area contributed by atoms with E-state index in [-0.39, 0.29) is 42.7 Å². The monoisotopic (exact) mass is 582 g/mol. The lowest BCUT2D eigenvalue weighted by Gasteiger charge is -2.36. The van der Waals surface area contributed by atoms with E-state index in [9.17, 15) is 10.1 Å². The molecule has 2 aliphatic rings. The van der Waals surface area contributed by atoms with E-state index < -0.39 is 28.9 Å². The number of halogens is 3. The number of nitriles is 1. The van der Waals surface area contributed by atoms with Crippen LogP contribution in [0.3, 0.4) is 0 Å². The predicted molar refractivity (Wildman–Crippen MR) is 152 cm³/mol. The minimum absolute atomic E-state index is 0.0626. The highest BCUT2D eigenvalue weighted by Crippen LogP contribution is 2.50. The first-order valence-corrected chi connectivity index (χ1v) is 14.2. The van der Waals surface area contributed by atoms with Gasteiger partial charge in [0, 0.05) is 36.2 Å². The van der Waals surface area contributed by atoms with Crippen LogP contribution >= 0.6 is 11.6 Å². The van der Waals surface area contributed by atoms with Crippen molar-refractivity contribution in [2.75, 3.05) is 18.4 Å². The van der Waals surface area contributed by atoms with Crippen LogP contribution in [0.1, 0.15) is 76.1 Å². The summed E-state index contributed by atoms with van der Waals surface area (Å²) in [4.78, 5) is 26.9. The van der Waals surface area contributed by atoms with Gasteiger partial charge in [-0.15, -0.1) is 0 Å². The van der Waals surface area contributed by atoms with Crippen LogP contribution in [-0.4, -0.2) is 44.6 Å². The molecule has 8 nitrogen and oxygen atoms in total. The van der Waals surface area contributed by atoms with E-state index in [1.807, 2.05) is 13.0 Å². The summed E-state index contributed by atoms with van der Waals surface area (Å²) in [5.74, 6) is -3.48. The second kappa shape index (κ2) is 10.7. The Kier molecular flexibility index (Phi) is 7.53. The number of hydrogen-bond acceptors (Lipinski definition) is 7. The quantitative estimate of drug-likeness (QED) is 0.308. The number of likely N-dealkylation sites (tertiary alicyclic amines) is 1. The molecule has 1 aromatic carbocycles. The number of carbonyl (C=O) groups is 1. The van der Waals surface area contributed by atoms with Gasteiger partial charge in [0.05, 0.1) is 16.9 Å². The van der Waals surface area contributed by atoms with Crippen molar-refractivity contribution >= 4 is 34.5 Å². The highest BCUT2D eigenvalue weighted by molar-refractivity contribution is 6.30. The van der Waals surface area contributed by atoms with Crippen LogP contribution in [-0.2, 0) is 16.1 Å². The lowest BCUT2D eigenvalue weighted by Crippen LogP contribution is -2.44. The molecule has 2 fully saturated rings. The average Bonchev–Trinajstić information content (AvgIpc) is 3.73. The summed E-state index contributed by atoms with van der Waals surface area (Å²) in [6.45, 7) is 7.66. The van der Waals surface area contributed by atoms with Gasteiger partial charge in [-0.3, -0.25) is 0 Å². The summed E-state index contributed by atoms with van der Waals surface area (Å²) >= 11 is 6.39. The molecular formula is C30H33ClF2N6O2. The lowest BCUT2D eigenvalue weighted by molar-refractivity contribution is -0.0861. The molecule has 5 rings (SSSR count). The van der Waals surface area contributed by atoms with Crippen molar-refractivity contribution in [1.82, 2.24) is 19.9 Å². The zero-order valence-corrected chi connectivity index (χ0v) is 24.3. The second-order valence-corrected chi connectivity index (χ2v) is 12.3. The zero-order valence-electron chi connectivity index (χ0n) is 23.5. The number of pyridine rings is 1. The molecule has 3 heterocycles. The van der Waals surface area contributed by atoms with Crippen LogP contribution in [0.5, 0.6) is 0 Å². The molecule has 0 bridgehead atoms. The standard InChI is InChI=1S/C30H33ClF2N6O2/c1-18(37-25-22-15-23(29(16-34)10-11-29)24(31)38-26(22)36-17-35-25)19-6-5-7-21(14-19)30(32,33)20-8-12-39(13-9-20)27(40)41-28(2,3)4/h5-7,14-15,17-18,20H,8-13H2,1-4H3,(H,35,36,37,38)/t18-/m1/s1. The van der Waals surface area contributed by atoms with Crippen LogP contribution in [0.2, 0.25) is 5.15 Å². The average molecular weight is 583 g/mol. The number of alkyl halides is 2. The molecule has 0 radical (unpaired) electrons. The molecule has 1 saturated heterocycles. The van der Waals surface area contributed by atoms with E-state index in [1.54, 1.807) is 32.9 Å². The van der Waals surface area contributed by atoms with Crippen LogP contribution < -0.4 is 5.32 Å². The van der Waals surface area contributed by atoms with Crippen molar-refractivity contribution in [3.8, 4) is 6.07 Å². The molecule has 0 spiro atoms. The summed E-state index contributed by atoms with van der Waals surface area (Å²) in [7, 11) is 0. The van der Waals surface area contributed by atoms with E-state index in [4.69, 9.17) is 16.3 Å². The van der Waals surface area contributed by atoms with E-state index in [2.05, 4.69) is 26.3 Å². The maximum atomic E-state index is 15.7. The SMILES string of the molecule is C[C@@H](Nc1ncnc2nc(Cl)c(C3(C#N)CC3)cc12)c1cccc(C(F)(F)C2CCN(C(=O)OC(C)(C)C)CC2)c1. The lowest BCUT2D eigenvalue weighted by atomic mass is 9.85. The zero-order chi connectivity index (χ0) is 29.6. The molecule has 2 aromatic heterocycles. The third-order valence-corrected chi connectivity index (χ3v) is 8.13. The Morgan fingerprint density at radius 1 is 1.22 bits per heavy atom. The summed E-state index contributed by atoms with van der Waals surface area (Å²) in [5.41, 5.74) is 0.364. The maximum Gasteiger partial charge on any atom is 0.410 e. The minimum atomic E-state index is -3.07. The molecule has 1 atom stereocenters. The highest BCUT2D eigenvalue weighted by Gasteiger charge is 2.47. The highest BCUT2D eigenvalue weighted by atomic mass is 35.5. The molecule has 1 saturated carbocycles. The Bertz CT molecular complexity index is 1510. The smallest absolute Gasteiger partial charge is 0.410 e. The van der Waals surface area contributed by atoms with Crippen molar-refractivity contribution in [2.24, 2.45) is 5.92 Å². The normalized spacial score (nSPS) is 18.0. The summed E-state index contributed by atoms with van der Waals surface area (Å²) in [6, 6.07) is 10.2. The van der Waals surface area contributed by atoms with Crippen molar-refractivity contribution in [3.63, 3.8) is 0 Å². The Labute approximate surface area is 243 Å². The van der Waals surface area contributed by atoms with Crippen molar-refractivity contribution < 1.29 is 18.3 Å². The number of anilines is 1. The number of ether oxygens (including phenoxy) is 1. The second-order valence-electron chi connectivity index (χ2n) is 12.0. The molecule has 3 aromatic rings.